The molecule has 204 valence electrons. The van der Waals surface area contributed by atoms with Crippen LogP contribution in [0.1, 0.15) is 28.3 Å². The Balaban J connectivity index is 0.000000398. The van der Waals surface area contributed by atoms with Crippen LogP contribution in [0.25, 0.3) is 28.5 Å². The van der Waals surface area contributed by atoms with Gasteiger partial charge in [-0.05, 0) is 61.1 Å². The van der Waals surface area contributed by atoms with E-state index in [1.165, 1.54) is 17.3 Å². The van der Waals surface area contributed by atoms with E-state index in [-0.39, 0.29) is 0 Å². The Kier molecular flexibility index (Phi) is 9.88. The van der Waals surface area contributed by atoms with E-state index < -0.39 is 21.7 Å². The Hall–Kier alpha value is -4.21. The third kappa shape index (κ3) is 7.68. The van der Waals surface area contributed by atoms with Crippen molar-refractivity contribution in [1.82, 2.24) is 4.98 Å². The number of hydrogen-bond acceptors (Lipinski definition) is 7. The summed E-state index contributed by atoms with van der Waals surface area (Å²) in [5.74, 6) is 1.41. The second kappa shape index (κ2) is 13.7. The SMILES string of the molecule is C=Cc1ccccc1.CSC(Cc1ccc2oc(Cc3nc(-c4ccccc4)oc3C)cc2c1)C(=O)N=S(=O)=O. The van der Waals surface area contributed by atoms with Crippen LogP contribution >= 0.6 is 11.8 Å². The molecule has 0 fully saturated rings. The zero-order valence-electron chi connectivity index (χ0n) is 22.1. The minimum absolute atomic E-state index is 0.375. The Morgan fingerprint density at radius 3 is 2.35 bits per heavy atom. The van der Waals surface area contributed by atoms with Gasteiger partial charge in [0.2, 0.25) is 5.89 Å². The highest BCUT2D eigenvalue weighted by Gasteiger charge is 2.19. The highest BCUT2D eigenvalue weighted by atomic mass is 32.2. The number of hydrogen-bond donors (Lipinski definition) is 0. The van der Waals surface area contributed by atoms with Gasteiger partial charge in [0, 0.05) is 10.9 Å². The average molecular weight is 573 g/mol. The lowest BCUT2D eigenvalue weighted by molar-refractivity contribution is -0.117. The van der Waals surface area contributed by atoms with Crippen molar-refractivity contribution in [3.8, 4) is 11.5 Å². The van der Waals surface area contributed by atoms with Crippen molar-refractivity contribution in [2.45, 2.75) is 25.0 Å². The molecule has 1 amide bonds. The Morgan fingerprint density at radius 1 is 1.02 bits per heavy atom. The second-order valence-corrected chi connectivity index (χ2v) is 10.5. The number of aryl methyl sites for hydroxylation is 1. The predicted molar refractivity (Wildman–Crippen MR) is 160 cm³/mol. The number of amides is 1. The fourth-order valence-corrected chi connectivity index (χ4v) is 4.98. The quantitative estimate of drug-likeness (QED) is 0.194. The largest absolute Gasteiger partial charge is 0.461 e. The van der Waals surface area contributed by atoms with Crippen LogP contribution in [0.15, 0.2) is 105 Å². The number of oxazole rings is 1. The summed E-state index contributed by atoms with van der Waals surface area (Å²) < 4.78 is 36.3. The van der Waals surface area contributed by atoms with Crippen LogP contribution in [0, 0.1) is 6.92 Å². The van der Waals surface area contributed by atoms with E-state index in [4.69, 9.17) is 8.83 Å². The molecule has 0 saturated carbocycles. The van der Waals surface area contributed by atoms with E-state index in [0.717, 1.165) is 39.3 Å². The first kappa shape index (κ1) is 28.8. The van der Waals surface area contributed by atoms with Gasteiger partial charge in [-0.3, -0.25) is 4.79 Å². The number of fused-ring (bicyclic) bond motifs is 1. The first-order valence-electron chi connectivity index (χ1n) is 12.4. The molecular weight excluding hydrogens is 544 g/mol. The highest BCUT2D eigenvalue weighted by Crippen LogP contribution is 2.27. The second-order valence-electron chi connectivity index (χ2n) is 8.84. The molecule has 0 aliphatic carbocycles. The van der Waals surface area contributed by atoms with Crippen molar-refractivity contribution in [3.63, 3.8) is 0 Å². The summed E-state index contributed by atoms with van der Waals surface area (Å²) in [5.41, 5.74) is 4.52. The number of aromatic nitrogens is 1. The highest BCUT2D eigenvalue weighted by molar-refractivity contribution is 7.99. The molecule has 5 aromatic rings. The fourth-order valence-electron chi connectivity index (χ4n) is 4.03. The van der Waals surface area contributed by atoms with E-state index in [0.29, 0.717) is 18.7 Å². The molecular formula is C31H28N2O5S2. The Morgan fingerprint density at radius 2 is 1.73 bits per heavy atom. The van der Waals surface area contributed by atoms with Crippen LogP contribution in [0.2, 0.25) is 0 Å². The number of carbonyl (C=O) groups excluding carboxylic acids is 1. The van der Waals surface area contributed by atoms with Crippen LogP contribution < -0.4 is 0 Å². The molecule has 9 heteroatoms. The molecule has 0 aliphatic rings. The van der Waals surface area contributed by atoms with Gasteiger partial charge in [0.1, 0.15) is 17.1 Å². The summed E-state index contributed by atoms with van der Waals surface area (Å²) in [6.45, 7) is 5.51. The van der Waals surface area contributed by atoms with Crippen LogP contribution in [0.5, 0.6) is 0 Å². The molecule has 0 saturated heterocycles. The monoisotopic (exact) mass is 572 g/mol. The number of thioether (sulfide) groups is 1. The van der Waals surface area contributed by atoms with E-state index in [9.17, 15) is 13.2 Å². The summed E-state index contributed by atoms with van der Waals surface area (Å²) in [7, 11) is -2.74. The average Bonchev–Trinajstić information content (AvgIpc) is 3.54. The van der Waals surface area contributed by atoms with Crippen LogP contribution in [-0.2, 0) is 28.1 Å². The molecule has 0 radical (unpaired) electrons. The summed E-state index contributed by atoms with van der Waals surface area (Å²) in [4.78, 5) is 16.6. The predicted octanol–water partition coefficient (Wildman–Crippen LogP) is 7.18. The molecule has 0 N–H and O–H groups in total. The molecule has 0 bridgehead atoms. The van der Waals surface area contributed by atoms with Crippen molar-refractivity contribution in [2.24, 2.45) is 4.36 Å². The summed E-state index contributed by atoms with van der Waals surface area (Å²) in [6.07, 6.45) is 4.45. The van der Waals surface area contributed by atoms with E-state index >= 15 is 0 Å². The van der Waals surface area contributed by atoms with Gasteiger partial charge in [0.15, 0.2) is 0 Å². The molecule has 2 heterocycles. The van der Waals surface area contributed by atoms with Crippen molar-refractivity contribution in [1.29, 1.82) is 0 Å². The van der Waals surface area contributed by atoms with Gasteiger partial charge in [-0.1, -0.05) is 71.6 Å². The third-order valence-electron chi connectivity index (χ3n) is 6.07. The van der Waals surface area contributed by atoms with Crippen molar-refractivity contribution < 1.29 is 22.0 Å². The van der Waals surface area contributed by atoms with E-state index in [1.54, 1.807) is 6.26 Å². The maximum atomic E-state index is 12.0. The Labute approximate surface area is 238 Å². The topological polar surface area (TPSA) is 103 Å². The molecule has 5 rings (SSSR count). The zero-order chi connectivity index (χ0) is 28.5. The van der Waals surface area contributed by atoms with E-state index in [2.05, 4.69) is 15.9 Å². The number of rotatable bonds is 8. The van der Waals surface area contributed by atoms with Crippen molar-refractivity contribution >= 4 is 45.2 Å². The maximum Gasteiger partial charge on any atom is 0.319 e. The fraction of sp³-hybridized carbons (Fsp3) is 0.161. The van der Waals surface area contributed by atoms with Crippen LogP contribution in [-0.4, -0.2) is 30.8 Å². The summed E-state index contributed by atoms with van der Waals surface area (Å²) >= 11 is 1.27. The summed E-state index contributed by atoms with van der Waals surface area (Å²) in [5, 5.41) is 0.337. The normalized spacial score (nSPS) is 11.3. The molecule has 3 aromatic carbocycles. The molecule has 2 aromatic heterocycles. The van der Waals surface area contributed by atoms with Gasteiger partial charge < -0.3 is 8.83 Å². The molecule has 0 aliphatic heterocycles. The number of furan rings is 1. The van der Waals surface area contributed by atoms with Crippen molar-refractivity contribution in [3.05, 3.63) is 120 Å². The molecule has 40 heavy (non-hydrogen) atoms. The lowest BCUT2D eigenvalue weighted by Crippen LogP contribution is -2.17. The first-order valence-corrected chi connectivity index (χ1v) is 14.8. The molecule has 1 unspecified atom stereocenters. The summed E-state index contributed by atoms with van der Waals surface area (Å²) in [6, 6.07) is 27.4. The van der Waals surface area contributed by atoms with Crippen LogP contribution in [0.3, 0.4) is 0 Å². The lowest BCUT2D eigenvalue weighted by Gasteiger charge is -2.09. The van der Waals surface area contributed by atoms with Gasteiger partial charge in [0.25, 0.3) is 5.91 Å². The van der Waals surface area contributed by atoms with E-state index in [1.807, 2.05) is 97.9 Å². The number of nitrogens with zero attached hydrogens (tertiary/aromatic N) is 2. The number of benzene rings is 3. The molecule has 7 nitrogen and oxygen atoms in total. The third-order valence-corrected chi connectivity index (χ3v) is 7.33. The van der Waals surface area contributed by atoms with Gasteiger partial charge in [-0.15, -0.1) is 0 Å². The minimum Gasteiger partial charge on any atom is -0.461 e. The maximum absolute atomic E-state index is 12.0. The zero-order valence-corrected chi connectivity index (χ0v) is 23.7. The lowest BCUT2D eigenvalue weighted by atomic mass is 10.1. The smallest absolute Gasteiger partial charge is 0.319 e. The van der Waals surface area contributed by atoms with Gasteiger partial charge in [0.05, 0.1) is 17.4 Å². The van der Waals surface area contributed by atoms with Gasteiger partial charge in [-0.2, -0.15) is 20.2 Å². The van der Waals surface area contributed by atoms with Gasteiger partial charge in [-0.25, -0.2) is 4.98 Å². The Bertz CT molecular complexity index is 1730. The number of carbonyl (C=O) groups is 1. The molecule has 0 spiro atoms. The van der Waals surface area contributed by atoms with Gasteiger partial charge >= 0.3 is 10.5 Å². The minimum atomic E-state index is -2.74. The first-order chi connectivity index (χ1) is 19.4. The standard InChI is InChI=1S/C23H20N2O5S2.C8H8/c1-14-19(24-23(29-14)16-6-4-3-5-7-16)13-18-12-17-10-15(8-9-20(17)30-18)11-21(31-2)22(26)25-32(27)28;1-2-8-6-4-3-5-7-8/h3-10,12,21H,11,13H2,1-2H3;2-7H,1H2. The molecule has 1 atom stereocenters. The van der Waals surface area contributed by atoms with Crippen LogP contribution in [0.4, 0.5) is 0 Å². The van der Waals surface area contributed by atoms with Crippen molar-refractivity contribution in [2.75, 3.05) is 6.26 Å².